The predicted molar refractivity (Wildman–Crippen MR) is 102 cm³/mol. The third-order valence-corrected chi connectivity index (χ3v) is 5.03. The molecular formula is C21H21NOS. The molecule has 2 nitrogen and oxygen atoms in total. The van der Waals surface area contributed by atoms with Crippen molar-refractivity contribution < 1.29 is 4.79 Å². The Labute approximate surface area is 147 Å². The van der Waals surface area contributed by atoms with Crippen LogP contribution in [0.4, 0.5) is 5.69 Å². The van der Waals surface area contributed by atoms with Crippen LogP contribution >= 0.6 is 11.3 Å². The fourth-order valence-electron chi connectivity index (χ4n) is 2.71. The topological polar surface area (TPSA) is 20.3 Å². The largest absolute Gasteiger partial charge is 0.303 e. The van der Waals surface area contributed by atoms with Gasteiger partial charge in [0, 0.05) is 16.1 Å². The number of carbonyl (C=O) groups excluding carboxylic acids is 1. The lowest BCUT2D eigenvalue weighted by atomic mass is 10.1. The normalized spacial score (nSPS) is 10.6. The summed E-state index contributed by atoms with van der Waals surface area (Å²) >= 11 is 1.68. The van der Waals surface area contributed by atoms with Crippen LogP contribution in [-0.4, -0.2) is 5.91 Å². The molecule has 0 saturated carbocycles. The molecule has 0 aliphatic carbocycles. The third-order valence-electron chi connectivity index (χ3n) is 4.17. The summed E-state index contributed by atoms with van der Waals surface area (Å²) in [4.78, 5) is 16.2. The number of benzene rings is 2. The number of hydrogen-bond donors (Lipinski definition) is 0. The van der Waals surface area contributed by atoms with Crippen LogP contribution in [0.3, 0.4) is 0 Å². The van der Waals surface area contributed by atoms with Crippen molar-refractivity contribution in [3.8, 4) is 0 Å². The van der Waals surface area contributed by atoms with Gasteiger partial charge in [0.15, 0.2) is 0 Å². The molecule has 3 aromatic rings. The summed E-state index contributed by atoms with van der Waals surface area (Å²) < 4.78 is 0. The first-order valence-electron chi connectivity index (χ1n) is 8.18. The number of nitrogens with zero attached hydrogens (tertiary/aromatic N) is 1. The van der Waals surface area contributed by atoms with Crippen LogP contribution in [0.15, 0.2) is 66.0 Å². The second-order valence-electron chi connectivity index (χ2n) is 5.81. The maximum absolute atomic E-state index is 13.2. The highest BCUT2D eigenvalue weighted by atomic mass is 32.1. The van der Waals surface area contributed by atoms with Crippen molar-refractivity contribution >= 4 is 22.9 Å². The molecule has 0 aliphatic heterocycles. The minimum Gasteiger partial charge on any atom is -0.303 e. The van der Waals surface area contributed by atoms with Gasteiger partial charge in [-0.05, 0) is 54.1 Å². The zero-order valence-electron chi connectivity index (χ0n) is 14.0. The quantitative estimate of drug-likeness (QED) is 0.606. The van der Waals surface area contributed by atoms with Gasteiger partial charge in [-0.1, -0.05) is 43.3 Å². The van der Waals surface area contributed by atoms with Crippen LogP contribution in [0.25, 0.3) is 0 Å². The Morgan fingerprint density at radius 2 is 1.75 bits per heavy atom. The molecule has 0 aliphatic rings. The molecule has 0 unspecified atom stereocenters. The zero-order valence-corrected chi connectivity index (χ0v) is 14.8. The number of carbonyl (C=O) groups is 1. The van der Waals surface area contributed by atoms with Crippen LogP contribution in [0.2, 0.25) is 0 Å². The van der Waals surface area contributed by atoms with Gasteiger partial charge < -0.3 is 4.90 Å². The number of aryl methyl sites for hydroxylation is 2. The highest BCUT2D eigenvalue weighted by molar-refractivity contribution is 7.09. The smallest absolute Gasteiger partial charge is 0.258 e. The highest BCUT2D eigenvalue weighted by Crippen LogP contribution is 2.24. The minimum absolute atomic E-state index is 0.0470. The minimum atomic E-state index is 0.0470. The molecule has 0 atom stereocenters. The van der Waals surface area contributed by atoms with E-state index in [-0.39, 0.29) is 5.91 Å². The molecule has 0 N–H and O–H groups in total. The van der Waals surface area contributed by atoms with Gasteiger partial charge in [0.25, 0.3) is 5.91 Å². The lowest BCUT2D eigenvalue weighted by molar-refractivity contribution is 0.0985. The summed E-state index contributed by atoms with van der Waals surface area (Å²) in [6, 6.07) is 20.2. The number of amides is 1. The van der Waals surface area contributed by atoms with Gasteiger partial charge in [-0.3, -0.25) is 4.79 Å². The van der Waals surface area contributed by atoms with Crippen LogP contribution in [0.1, 0.15) is 33.3 Å². The molecule has 1 aromatic heterocycles. The molecule has 0 spiro atoms. The summed E-state index contributed by atoms with van der Waals surface area (Å²) in [6.07, 6.45) is 0.997. The first kappa shape index (κ1) is 16.5. The Balaban J connectivity index is 1.97. The van der Waals surface area contributed by atoms with Gasteiger partial charge in [0.2, 0.25) is 0 Å². The Kier molecular flexibility index (Phi) is 5.11. The molecule has 2 aromatic carbocycles. The number of thiophene rings is 1. The molecule has 1 heterocycles. The van der Waals surface area contributed by atoms with Crippen molar-refractivity contribution in [1.82, 2.24) is 0 Å². The second-order valence-corrected chi connectivity index (χ2v) is 6.84. The number of hydrogen-bond acceptors (Lipinski definition) is 2. The number of anilines is 1. The molecule has 122 valence electrons. The van der Waals surface area contributed by atoms with E-state index in [0.29, 0.717) is 6.54 Å². The van der Waals surface area contributed by atoms with Gasteiger partial charge >= 0.3 is 0 Å². The van der Waals surface area contributed by atoms with Crippen molar-refractivity contribution in [3.05, 3.63) is 87.6 Å². The molecule has 0 bridgehead atoms. The van der Waals surface area contributed by atoms with E-state index in [2.05, 4.69) is 25.1 Å². The van der Waals surface area contributed by atoms with Crippen LogP contribution in [-0.2, 0) is 13.0 Å². The molecule has 3 heteroatoms. The maximum Gasteiger partial charge on any atom is 0.258 e. The van der Waals surface area contributed by atoms with E-state index in [9.17, 15) is 4.79 Å². The molecule has 0 saturated heterocycles. The van der Waals surface area contributed by atoms with Gasteiger partial charge in [-0.15, -0.1) is 11.3 Å². The number of rotatable bonds is 5. The Morgan fingerprint density at radius 3 is 2.38 bits per heavy atom. The summed E-state index contributed by atoms with van der Waals surface area (Å²) in [5.41, 5.74) is 3.98. The third kappa shape index (κ3) is 3.57. The molecule has 0 radical (unpaired) electrons. The van der Waals surface area contributed by atoms with Crippen molar-refractivity contribution in [2.24, 2.45) is 0 Å². The van der Waals surface area contributed by atoms with Crippen LogP contribution < -0.4 is 4.90 Å². The van der Waals surface area contributed by atoms with E-state index in [0.717, 1.165) is 23.2 Å². The second kappa shape index (κ2) is 7.45. The summed E-state index contributed by atoms with van der Waals surface area (Å²) in [6.45, 7) is 4.71. The Hall–Kier alpha value is -2.39. The lowest BCUT2D eigenvalue weighted by Gasteiger charge is -2.23. The predicted octanol–water partition coefficient (Wildman–Crippen LogP) is 5.47. The van der Waals surface area contributed by atoms with E-state index < -0.39 is 0 Å². The van der Waals surface area contributed by atoms with Gasteiger partial charge in [-0.2, -0.15) is 0 Å². The fourth-order valence-corrected chi connectivity index (χ4v) is 3.40. The van der Waals surface area contributed by atoms with Crippen molar-refractivity contribution in [2.75, 3.05) is 4.90 Å². The Morgan fingerprint density at radius 1 is 1.00 bits per heavy atom. The molecular weight excluding hydrogens is 314 g/mol. The average Bonchev–Trinajstić information content (AvgIpc) is 3.13. The molecule has 0 fully saturated rings. The lowest BCUT2D eigenvalue weighted by Crippen LogP contribution is -2.30. The van der Waals surface area contributed by atoms with Crippen molar-refractivity contribution in [1.29, 1.82) is 0 Å². The molecule has 24 heavy (non-hydrogen) atoms. The van der Waals surface area contributed by atoms with Crippen molar-refractivity contribution in [3.63, 3.8) is 0 Å². The molecule has 1 amide bonds. The Bertz CT molecular complexity index is 806. The van der Waals surface area contributed by atoms with Gasteiger partial charge in [0.05, 0.1) is 6.54 Å². The van der Waals surface area contributed by atoms with Crippen LogP contribution in [0, 0.1) is 6.92 Å². The highest BCUT2D eigenvalue weighted by Gasteiger charge is 2.20. The van der Waals surface area contributed by atoms with E-state index in [4.69, 9.17) is 0 Å². The van der Waals surface area contributed by atoms with E-state index in [1.165, 1.54) is 10.4 Å². The zero-order chi connectivity index (χ0) is 16.9. The van der Waals surface area contributed by atoms with E-state index in [1.54, 1.807) is 11.3 Å². The SMILES string of the molecule is CCc1ccc(N(Cc2cccs2)C(=O)c2ccccc2C)cc1. The first-order chi connectivity index (χ1) is 11.7. The van der Waals surface area contributed by atoms with E-state index in [1.807, 2.05) is 59.7 Å². The fraction of sp³-hybridized carbons (Fsp3) is 0.190. The maximum atomic E-state index is 13.2. The monoisotopic (exact) mass is 335 g/mol. The standard InChI is InChI=1S/C21H21NOS/c1-3-17-10-12-18(13-11-17)22(15-19-8-6-14-24-19)21(23)20-9-5-4-7-16(20)2/h4-14H,3,15H2,1-2H3. The van der Waals surface area contributed by atoms with E-state index >= 15 is 0 Å². The van der Waals surface area contributed by atoms with Gasteiger partial charge in [-0.25, -0.2) is 0 Å². The molecule has 3 rings (SSSR count). The summed E-state index contributed by atoms with van der Waals surface area (Å²) in [5, 5.41) is 2.05. The average molecular weight is 335 g/mol. The van der Waals surface area contributed by atoms with Gasteiger partial charge in [0.1, 0.15) is 0 Å². The summed E-state index contributed by atoms with van der Waals surface area (Å²) in [5.74, 6) is 0.0470. The van der Waals surface area contributed by atoms with Crippen LogP contribution in [0.5, 0.6) is 0 Å². The summed E-state index contributed by atoms with van der Waals surface area (Å²) in [7, 11) is 0. The van der Waals surface area contributed by atoms with Crippen molar-refractivity contribution in [2.45, 2.75) is 26.8 Å². The first-order valence-corrected chi connectivity index (χ1v) is 9.06.